The van der Waals surface area contributed by atoms with E-state index in [2.05, 4.69) is 27.7 Å². The molecule has 0 aromatic heterocycles. The first kappa shape index (κ1) is 18.8. The summed E-state index contributed by atoms with van der Waals surface area (Å²) in [5.74, 6) is 1.80. The minimum atomic E-state index is -0.556. The smallest absolute Gasteiger partial charge is 0.309 e. The monoisotopic (exact) mass is 361 g/mol. The molecule has 26 heavy (non-hydrogen) atoms. The molecule has 0 aromatic rings. The molecule has 7 unspecified atom stereocenters. The molecule has 0 radical (unpaired) electrons. The molecule has 0 aliphatic heterocycles. The summed E-state index contributed by atoms with van der Waals surface area (Å²) in [4.78, 5) is 12.3. The first-order chi connectivity index (χ1) is 12.1. The molecule has 5 fully saturated rings. The van der Waals surface area contributed by atoms with Gasteiger partial charge >= 0.3 is 5.97 Å². The van der Waals surface area contributed by atoms with Crippen molar-refractivity contribution in [2.75, 3.05) is 6.54 Å². The fourth-order valence-electron chi connectivity index (χ4n) is 8.85. The highest BCUT2D eigenvalue weighted by molar-refractivity contribution is 5.75. The van der Waals surface area contributed by atoms with Crippen molar-refractivity contribution in [3.8, 4) is 0 Å². The topological polar surface area (TPSA) is 63.3 Å². The Bertz CT molecular complexity index is 603. The average Bonchev–Trinajstić information content (AvgIpc) is 2.61. The molecule has 0 amide bonds. The summed E-state index contributed by atoms with van der Waals surface area (Å²) in [7, 11) is 0. The van der Waals surface area contributed by atoms with Gasteiger partial charge in [-0.2, -0.15) is 0 Å². The molecule has 5 saturated carbocycles. The molecule has 5 aliphatic rings. The Labute approximate surface area is 159 Å². The molecule has 3 N–H and O–H groups in total. The van der Waals surface area contributed by atoms with E-state index in [0.717, 1.165) is 25.8 Å². The molecule has 2 bridgehead atoms. The van der Waals surface area contributed by atoms with E-state index in [1.54, 1.807) is 0 Å². The van der Waals surface area contributed by atoms with Gasteiger partial charge in [-0.15, -0.1) is 0 Å². The molecule has 0 saturated heterocycles. The van der Waals surface area contributed by atoms with E-state index < -0.39 is 11.4 Å². The molecule has 1 spiro atoms. The fourth-order valence-corrected chi connectivity index (χ4v) is 8.85. The Hall–Kier alpha value is -0.570. The number of fused-ring (bicyclic) bond motifs is 3. The number of nitrogens with two attached hydrogens (primary N) is 1. The molecule has 5 rings (SSSR count). The van der Waals surface area contributed by atoms with Crippen LogP contribution in [0.3, 0.4) is 0 Å². The average molecular weight is 362 g/mol. The number of carbonyl (C=O) groups is 1. The van der Waals surface area contributed by atoms with Crippen molar-refractivity contribution in [1.29, 1.82) is 0 Å². The highest BCUT2D eigenvalue weighted by atomic mass is 16.4. The Balaban J connectivity index is 1.79. The van der Waals surface area contributed by atoms with Gasteiger partial charge in [0.05, 0.1) is 5.41 Å². The highest BCUT2D eigenvalue weighted by Crippen LogP contribution is 2.75. The minimum absolute atomic E-state index is 0.179. The maximum absolute atomic E-state index is 12.3. The normalized spacial score (nSPS) is 53.2. The number of hydrogen-bond donors (Lipinski definition) is 2. The Morgan fingerprint density at radius 2 is 1.81 bits per heavy atom. The van der Waals surface area contributed by atoms with Crippen LogP contribution in [0.2, 0.25) is 0 Å². The van der Waals surface area contributed by atoms with Gasteiger partial charge in [0.1, 0.15) is 0 Å². The van der Waals surface area contributed by atoms with Gasteiger partial charge in [0.25, 0.3) is 0 Å². The zero-order valence-electron chi connectivity index (χ0n) is 17.3. The van der Waals surface area contributed by atoms with Gasteiger partial charge in [0.15, 0.2) is 0 Å². The highest BCUT2D eigenvalue weighted by Gasteiger charge is 2.69. The van der Waals surface area contributed by atoms with Crippen molar-refractivity contribution in [2.45, 2.75) is 85.5 Å². The van der Waals surface area contributed by atoms with Gasteiger partial charge in [0.2, 0.25) is 0 Å². The lowest BCUT2D eigenvalue weighted by Gasteiger charge is -2.72. The van der Waals surface area contributed by atoms with Gasteiger partial charge < -0.3 is 10.8 Å². The Morgan fingerprint density at radius 1 is 1.08 bits per heavy atom. The van der Waals surface area contributed by atoms with Gasteiger partial charge in [-0.1, -0.05) is 27.2 Å². The van der Waals surface area contributed by atoms with E-state index >= 15 is 0 Å². The van der Waals surface area contributed by atoms with Crippen molar-refractivity contribution in [2.24, 2.45) is 51.1 Å². The van der Waals surface area contributed by atoms with Crippen molar-refractivity contribution in [3.63, 3.8) is 0 Å². The maximum Gasteiger partial charge on any atom is 0.309 e. The lowest BCUT2D eigenvalue weighted by molar-refractivity contribution is -0.235. The lowest BCUT2D eigenvalue weighted by Crippen LogP contribution is -2.66. The zero-order chi connectivity index (χ0) is 19.0. The SMILES string of the molecule is CC(C)C12CCC3(CCC4C(C)(C(=O)O)CCCC4(C)C3C1)C(CN)C2. The third kappa shape index (κ3) is 2.13. The zero-order valence-corrected chi connectivity index (χ0v) is 17.3. The van der Waals surface area contributed by atoms with Crippen LogP contribution in [0.25, 0.3) is 0 Å². The van der Waals surface area contributed by atoms with E-state index in [-0.39, 0.29) is 5.41 Å². The first-order valence-corrected chi connectivity index (χ1v) is 11.1. The van der Waals surface area contributed by atoms with E-state index in [4.69, 9.17) is 5.73 Å². The van der Waals surface area contributed by atoms with E-state index in [9.17, 15) is 9.90 Å². The van der Waals surface area contributed by atoms with Gasteiger partial charge in [-0.25, -0.2) is 0 Å². The maximum atomic E-state index is 12.3. The molecule has 148 valence electrons. The Morgan fingerprint density at radius 3 is 2.42 bits per heavy atom. The second-order valence-electron chi connectivity index (χ2n) is 11.3. The first-order valence-electron chi connectivity index (χ1n) is 11.1. The van der Waals surface area contributed by atoms with E-state index in [1.807, 2.05) is 0 Å². The van der Waals surface area contributed by atoms with E-state index in [1.165, 1.54) is 38.5 Å². The van der Waals surface area contributed by atoms with Crippen LogP contribution in [-0.4, -0.2) is 17.6 Å². The van der Waals surface area contributed by atoms with Crippen molar-refractivity contribution in [1.82, 2.24) is 0 Å². The van der Waals surface area contributed by atoms with Crippen LogP contribution in [-0.2, 0) is 4.79 Å². The minimum Gasteiger partial charge on any atom is -0.481 e. The quantitative estimate of drug-likeness (QED) is 0.736. The predicted molar refractivity (Wildman–Crippen MR) is 105 cm³/mol. The van der Waals surface area contributed by atoms with Crippen LogP contribution >= 0.6 is 0 Å². The summed E-state index contributed by atoms with van der Waals surface area (Å²) in [6.45, 7) is 10.2. The van der Waals surface area contributed by atoms with Gasteiger partial charge in [-0.3, -0.25) is 4.79 Å². The fraction of sp³-hybridized carbons (Fsp3) is 0.957. The molecular weight excluding hydrogens is 322 g/mol. The summed E-state index contributed by atoms with van der Waals surface area (Å²) >= 11 is 0. The van der Waals surface area contributed by atoms with Gasteiger partial charge in [-0.05, 0) is 105 Å². The third-order valence-electron chi connectivity index (χ3n) is 10.5. The van der Waals surface area contributed by atoms with Crippen LogP contribution in [0, 0.1) is 45.3 Å². The largest absolute Gasteiger partial charge is 0.481 e. The van der Waals surface area contributed by atoms with Crippen LogP contribution in [0.1, 0.15) is 85.5 Å². The third-order valence-corrected chi connectivity index (χ3v) is 10.5. The second-order valence-corrected chi connectivity index (χ2v) is 11.3. The molecule has 7 atom stereocenters. The molecule has 5 aliphatic carbocycles. The number of rotatable bonds is 3. The number of aliphatic carboxylic acids is 1. The summed E-state index contributed by atoms with van der Waals surface area (Å²) in [5, 5.41) is 10.1. The van der Waals surface area contributed by atoms with Crippen LogP contribution < -0.4 is 5.73 Å². The Kier molecular flexibility index (Phi) is 4.13. The second kappa shape index (κ2) is 5.72. The van der Waals surface area contributed by atoms with Crippen molar-refractivity contribution >= 4 is 5.97 Å². The molecule has 0 aromatic carbocycles. The van der Waals surface area contributed by atoms with Crippen molar-refractivity contribution < 1.29 is 9.90 Å². The van der Waals surface area contributed by atoms with Crippen LogP contribution in [0.5, 0.6) is 0 Å². The molecule has 3 heteroatoms. The standard InChI is InChI=1S/C23H39NO2/c1-15(2)22-10-11-23(16(12-22)14-24)9-6-17-20(3,18(23)13-22)7-5-8-21(17,4)19(25)26/h15-18H,5-14,24H2,1-4H3,(H,25,26). The van der Waals surface area contributed by atoms with Crippen molar-refractivity contribution in [3.05, 3.63) is 0 Å². The summed E-state index contributed by atoms with van der Waals surface area (Å²) in [6, 6.07) is 0. The van der Waals surface area contributed by atoms with Crippen LogP contribution in [0.15, 0.2) is 0 Å². The number of hydrogen-bond acceptors (Lipinski definition) is 2. The predicted octanol–water partition coefficient (Wildman–Crippen LogP) is 5.09. The summed E-state index contributed by atoms with van der Waals surface area (Å²) in [6.07, 6.45) is 10.8. The lowest BCUT2D eigenvalue weighted by atomic mass is 9.32. The molecule has 0 heterocycles. The summed E-state index contributed by atoms with van der Waals surface area (Å²) in [5.41, 5.74) is 6.85. The number of carboxylic acids is 1. The van der Waals surface area contributed by atoms with Gasteiger partial charge in [0, 0.05) is 0 Å². The summed E-state index contributed by atoms with van der Waals surface area (Å²) < 4.78 is 0. The number of carboxylic acid groups (broad SMARTS) is 1. The molecular formula is C23H39NO2. The van der Waals surface area contributed by atoms with Crippen LogP contribution in [0.4, 0.5) is 0 Å². The molecule has 3 nitrogen and oxygen atoms in total. The van der Waals surface area contributed by atoms with E-state index in [0.29, 0.717) is 34.5 Å².